The number of nitrogens with zero attached hydrogens (tertiary/aromatic N) is 1. The molecule has 0 fully saturated rings. The van der Waals surface area contributed by atoms with Gasteiger partial charge in [0.25, 0.3) is 0 Å². The van der Waals surface area contributed by atoms with Gasteiger partial charge in [0.1, 0.15) is 0 Å². The van der Waals surface area contributed by atoms with Gasteiger partial charge < -0.3 is 5.11 Å². The zero-order chi connectivity index (χ0) is 13.1. The summed E-state index contributed by atoms with van der Waals surface area (Å²) in [7, 11) is -1.19. The van der Waals surface area contributed by atoms with E-state index in [1.165, 1.54) is 0 Å². The molecule has 18 heavy (non-hydrogen) atoms. The van der Waals surface area contributed by atoms with Crippen LogP contribution in [0.25, 0.3) is 0 Å². The molecular formula is C12H11NO3S2. The van der Waals surface area contributed by atoms with Gasteiger partial charge in [-0.25, -0.2) is 9.78 Å². The van der Waals surface area contributed by atoms with Crippen molar-refractivity contribution in [1.29, 1.82) is 0 Å². The molecule has 0 saturated carbocycles. The van der Waals surface area contributed by atoms with Crippen LogP contribution >= 0.6 is 11.3 Å². The van der Waals surface area contributed by atoms with Gasteiger partial charge in [-0.15, -0.1) is 11.3 Å². The molecule has 0 aliphatic rings. The van der Waals surface area contributed by atoms with Gasteiger partial charge in [-0.2, -0.15) is 0 Å². The summed E-state index contributed by atoms with van der Waals surface area (Å²) in [5.41, 5.74) is 1.66. The fourth-order valence-electron chi connectivity index (χ4n) is 1.38. The minimum Gasteiger partial charge on any atom is -0.476 e. The topological polar surface area (TPSA) is 67.3 Å². The smallest absolute Gasteiger partial charge is 0.365 e. The molecule has 2 rings (SSSR count). The second kappa shape index (κ2) is 5.41. The van der Waals surface area contributed by atoms with Crippen molar-refractivity contribution in [3.63, 3.8) is 0 Å². The predicted molar refractivity (Wildman–Crippen MR) is 70.4 cm³/mol. The van der Waals surface area contributed by atoms with Crippen LogP contribution in [-0.2, 0) is 16.6 Å². The van der Waals surface area contributed by atoms with Crippen molar-refractivity contribution in [2.24, 2.45) is 0 Å². The van der Waals surface area contributed by atoms with Crippen LogP contribution < -0.4 is 0 Å². The van der Waals surface area contributed by atoms with Crippen LogP contribution in [0.1, 0.15) is 21.1 Å². The van der Waals surface area contributed by atoms with E-state index in [-0.39, 0.29) is 10.8 Å². The zero-order valence-corrected chi connectivity index (χ0v) is 11.3. The van der Waals surface area contributed by atoms with Crippen LogP contribution in [0.3, 0.4) is 0 Å². The molecule has 4 nitrogen and oxygen atoms in total. The Morgan fingerprint density at radius 3 is 2.61 bits per heavy atom. The summed E-state index contributed by atoms with van der Waals surface area (Å²) in [4.78, 5) is 15.3. The van der Waals surface area contributed by atoms with E-state index in [0.717, 1.165) is 21.8 Å². The van der Waals surface area contributed by atoms with E-state index in [9.17, 15) is 9.00 Å². The Balaban J connectivity index is 2.11. The van der Waals surface area contributed by atoms with E-state index >= 15 is 0 Å². The van der Waals surface area contributed by atoms with E-state index in [1.807, 2.05) is 31.2 Å². The summed E-state index contributed by atoms with van der Waals surface area (Å²) in [5.74, 6) is -0.806. The number of aromatic carboxylic acids is 1. The van der Waals surface area contributed by atoms with E-state index in [0.29, 0.717) is 5.69 Å². The van der Waals surface area contributed by atoms with E-state index in [1.54, 1.807) is 5.38 Å². The number of hydrogen-bond acceptors (Lipinski definition) is 4. The highest BCUT2D eigenvalue weighted by Gasteiger charge is 2.12. The predicted octanol–water partition coefficient (Wildman–Crippen LogP) is 2.46. The second-order valence-electron chi connectivity index (χ2n) is 3.75. The number of rotatable bonds is 4. The standard InChI is InChI=1S/C12H11NO3S2/c1-8-2-4-10(5-3-8)18(16)7-9-6-17-11(13-9)12(14)15/h2-6H,7H2,1H3,(H,14,15). The van der Waals surface area contributed by atoms with E-state index < -0.39 is 16.8 Å². The molecule has 0 aliphatic heterocycles. The molecular weight excluding hydrogens is 270 g/mol. The monoisotopic (exact) mass is 281 g/mol. The zero-order valence-electron chi connectivity index (χ0n) is 9.62. The lowest BCUT2D eigenvalue weighted by molar-refractivity contribution is 0.0696. The van der Waals surface area contributed by atoms with E-state index in [4.69, 9.17) is 5.11 Å². The van der Waals surface area contributed by atoms with Crippen molar-refractivity contribution in [2.45, 2.75) is 17.6 Å². The quantitative estimate of drug-likeness (QED) is 0.934. The van der Waals surface area contributed by atoms with Crippen LogP contribution in [0.5, 0.6) is 0 Å². The SMILES string of the molecule is Cc1ccc(S(=O)Cc2csc(C(=O)O)n2)cc1. The maximum absolute atomic E-state index is 12.0. The molecule has 1 N–H and O–H groups in total. The summed E-state index contributed by atoms with van der Waals surface area (Å²) >= 11 is 1.05. The maximum atomic E-state index is 12.0. The third kappa shape index (κ3) is 3.02. The molecule has 0 saturated heterocycles. The van der Waals surface area contributed by atoms with Gasteiger partial charge >= 0.3 is 5.97 Å². The first-order valence-electron chi connectivity index (χ1n) is 5.19. The number of aryl methyl sites for hydroxylation is 1. The van der Waals surface area contributed by atoms with Gasteiger partial charge in [-0.1, -0.05) is 17.7 Å². The molecule has 0 aliphatic carbocycles. The molecule has 2 aromatic rings. The summed E-state index contributed by atoms with van der Waals surface area (Å²) in [6.45, 7) is 1.96. The molecule has 0 amide bonds. The number of hydrogen-bond donors (Lipinski definition) is 1. The molecule has 0 bridgehead atoms. The molecule has 1 atom stereocenters. The summed E-state index contributed by atoms with van der Waals surface area (Å²) in [5, 5.41) is 10.4. The Labute approximate surface area is 111 Å². The van der Waals surface area contributed by atoms with Crippen molar-refractivity contribution >= 4 is 28.1 Å². The van der Waals surface area contributed by atoms with Crippen LogP contribution in [-0.4, -0.2) is 20.3 Å². The van der Waals surface area contributed by atoms with Crippen LogP contribution in [0, 0.1) is 6.92 Å². The lowest BCUT2D eigenvalue weighted by Crippen LogP contribution is -1.99. The normalized spacial score (nSPS) is 12.3. The first-order chi connectivity index (χ1) is 8.56. The number of benzene rings is 1. The Hall–Kier alpha value is -1.53. The molecule has 1 aromatic heterocycles. The minimum atomic E-state index is -1.19. The molecule has 1 unspecified atom stereocenters. The average Bonchev–Trinajstić information content (AvgIpc) is 2.78. The van der Waals surface area contributed by atoms with Crippen LogP contribution in [0.2, 0.25) is 0 Å². The van der Waals surface area contributed by atoms with Gasteiger partial charge in [-0.3, -0.25) is 4.21 Å². The number of carbonyl (C=O) groups is 1. The highest BCUT2D eigenvalue weighted by atomic mass is 32.2. The number of carboxylic acid groups (broad SMARTS) is 1. The molecule has 6 heteroatoms. The molecule has 0 radical (unpaired) electrons. The van der Waals surface area contributed by atoms with Gasteiger partial charge in [-0.05, 0) is 19.1 Å². The Morgan fingerprint density at radius 2 is 2.06 bits per heavy atom. The van der Waals surface area contributed by atoms with Gasteiger partial charge in [0.2, 0.25) is 5.01 Å². The third-order valence-corrected chi connectivity index (χ3v) is 4.53. The highest BCUT2D eigenvalue weighted by Crippen LogP contribution is 2.15. The molecule has 1 heterocycles. The molecule has 0 spiro atoms. The lowest BCUT2D eigenvalue weighted by Gasteiger charge is -2.00. The Bertz CT molecular complexity index is 590. The summed E-state index contributed by atoms with van der Waals surface area (Å²) in [6, 6.07) is 7.43. The van der Waals surface area contributed by atoms with E-state index in [2.05, 4.69) is 4.98 Å². The second-order valence-corrected chi connectivity index (χ2v) is 6.06. The fraction of sp³-hybridized carbons (Fsp3) is 0.167. The van der Waals surface area contributed by atoms with Crippen molar-refractivity contribution in [1.82, 2.24) is 4.98 Å². The van der Waals surface area contributed by atoms with Gasteiger partial charge in [0.15, 0.2) is 0 Å². The number of carboxylic acids is 1. The van der Waals surface area contributed by atoms with Gasteiger partial charge in [0.05, 0.1) is 22.2 Å². The molecule has 94 valence electrons. The van der Waals surface area contributed by atoms with Crippen molar-refractivity contribution < 1.29 is 14.1 Å². The molecule has 1 aromatic carbocycles. The van der Waals surface area contributed by atoms with Crippen LogP contribution in [0.4, 0.5) is 0 Å². The van der Waals surface area contributed by atoms with Crippen LogP contribution in [0.15, 0.2) is 34.5 Å². The van der Waals surface area contributed by atoms with Gasteiger partial charge in [0, 0.05) is 10.3 Å². The maximum Gasteiger partial charge on any atom is 0.365 e. The highest BCUT2D eigenvalue weighted by molar-refractivity contribution is 7.84. The summed E-state index contributed by atoms with van der Waals surface area (Å²) < 4.78 is 12.0. The van der Waals surface area contributed by atoms with Crippen molar-refractivity contribution in [3.05, 3.63) is 45.9 Å². The Morgan fingerprint density at radius 1 is 1.39 bits per heavy atom. The first-order valence-corrected chi connectivity index (χ1v) is 7.39. The van der Waals surface area contributed by atoms with Crippen molar-refractivity contribution in [3.8, 4) is 0 Å². The average molecular weight is 281 g/mol. The number of thiazole rings is 1. The van der Waals surface area contributed by atoms with Crippen molar-refractivity contribution in [2.75, 3.05) is 0 Å². The summed E-state index contributed by atoms with van der Waals surface area (Å²) in [6.07, 6.45) is 0. The number of aromatic nitrogens is 1. The largest absolute Gasteiger partial charge is 0.476 e. The lowest BCUT2D eigenvalue weighted by atomic mass is 10.2. The fourth-order valence-corrected chi connectivity index (χ4v) is 3.16. The first kappa shape index (κ1) is 12.9. The Kier molecular flexibility index (Phi) is 3.88. The third-order valence-electron chi connectivity index (χ3n) is 2.30. The minimum absolute atomic E-state index is 0.0332.